The average molecular weight is 344 g/mol. The maximum absolute atomic E-state index is 13.4. The highest BCUT2D eigenvalue weighted by Crippen LogP contribution is 2.25. The van der Waals surface area contributed by atoms with E-state index in [0.29, 0.717) is 29.7 Å². The summed E-state index contributed by atoms with van der Waals surface area (Å²) in [4.78, 5) is 30.1. The first kappa shape index (κ1) is 17.3. The second kappa shape index (κ2) is 7.17. The summed E-state index contributed by atoms with van der Waals surface area (Å²) in [5.74, 6) is -1.32. The molecule has 2 aromatic rings. The molecule has 1 aliphatic rings. The molecule has 0 radical (unpaired) electrons. The molecule has 1 atom stereocenters. The van der Waals surface area contributed by atoms with Gasteiger partial charge in [0, 0.05) is 30.5 Å². The van der Waals surface area contributed by atoms with E-state index >= 15 is 0 Å². The third-order valence-corrected chi connectivity index (χ3v) is 4.78. The van der Waals surface area contributed by atoms with Crippen LogP contribution in [0.25, 0.3) is 10.9 Å². The number of carboxylic acids is 1. The number of carboxylic acid groups (broad SMARTS) is 1. The van der Waals surface area contributed by atoms with Gasteiger partial charge in [-0.05, 0) is 50.8 Å². The maximum Gasteiger partial charge on any atom is 0.303 e. The van der Waals surface area contributed by atoms with Crippen molar-refractivity contribution in [2.24, 2.45) is 0 Å². The van der Waals surface area contributed by atoms with E-state index in [0.717, 1.165) is 24.6 Å². The molecule has 5 nitrogen and oxygen atoms in total. The van der Waals surface area contributed by atoms with Crippen LogP contribution in [0.15, 0.2) is 24.3 Å². The van der Waals surface area contributed by atoms with Crippen molar-refractivity contribution in [3.63, 3.8) is 0 Å². The van der Waals surface area contributed by atoms with Crippen LogP contribution in [-0.2, 0) is 4.79 Å². The number of hydrogen-bond acceptors (Lipinski definition) is 3. The molecule has 0 spiro atoms. The Morgan fingerprint density at radius 3 is 2.88 bits per heavy atom. The van der Waals surface area contributed by atoms with Gasteiger partial charge in [-0.1, -0.05) is 0 Å². The number of carbonyl (C=O) groups excluding carboxylic acids is 1. The minimum absolute atomic E-state index is 0.0549. The van der Waals surface area contributed by atoms with Crippen LogP contribution >= 0.6 is 0 Å². The number of benzene rings is 1. The number of pyridine rings is 1. The zero-order chi connectivity index (χ0) is 18.0. The van der Waals surface area contributed by atoms with Crippen molar-refractivity contribution >= 4 is 22.8 Å². The molecular weight excluding hydrogens is 323 g/mol. The monoisotopic (exact) mass is 344 g/mol. The normalized spacial score (nSPS) is 17.7. The lowest BCUT2D eigenvalue weighted by molar-refractivity contribution is -0.137. The van der Waals surface area contributed by atoms with Crippen molar-refractivity contribution in [2.75, 3.05) is 6.54 Å². The van der Waals surface area contributed by atoms with Crippen LogP contribution in [0.2, 0.25) is 0 Å². The number of carbonyl (C=O) groups is 2. The molecule has 25 heavy (non-hydrogen) atoms. The number of likely N-dealkylation sites (tertiary alicyclic amines) is 1. The Bertz CT molecular complexity index is 822. The van der Waals surface area contributed by atoms with E-state index in [1.165, 1.54) is 12.1 Å². The van der Waals surface area contributed by atoms with E-state index in [-0.39, 0.29) is 24.2 Å². The summed E-state index contributed by atoms with van der Waals surface area (Å²) in [6, 6.07) is 6.02. The first-order valence-electron chi connectivity index (χ1n) is 8.55. The lowest BCUT2D eigenvalue weighted by Crippen LogP contribution is -2.44. The summed E-state index contributed by atoms with van der Waals surface area (Å²) in [5.41, 5.74) is 1.59. The molecule has 1 aromatic heterocycles. The molecule has 1 N–H and O–H groups in total. The third-order valence-electron chi connectivity index (χ3n) is 4.78. The molecule has 6 heteroatoms. The Hall–Kier alpha value is -2.50. The Labute approximate surface area is 145 Å². The molecular formula is C19H21FN2O3. The summed E-state index contributed by atoms with van der Waals surface area (Å²) in [7, 11) is 0. The van der Waals surface area contributed by atoms with Crippen LogP contribution in [0.3, 0.4) is 0 Å². The zero-order valence-corrected chi connectivity index (χ0v) is 14.2. The predicted octanol–water partition coefficient (Wildman–Crippen LogP) is 3.54. The molecule has 0 saturated carbocycles. The standard InChI is InChI=1S/C19H21FN2O3/c1-12-16(10-13-5-6-14(20)11-17(13)21-12)19(25)22-9-3-2-4-15(22)7-8-18(23)24/h5-6,10-11,15H,2-4,7-9H2,1H3,(H,23,24). The molecule has 1 amide bonds. The smallest absolute Gasteiger partial charge is 0.303 e. The van der Waals surface area contributed by atoms with Crippen LogP contribution in [0, 0.1) is 12.7 Å². The number of aliphatic carboxylic acids is 1. The summed E-state index contributed by atoms with van der Waals surface area (Å²) in [5, 5.41) is 9.64. The van der Waals surface area contributed by atoms with Crippen molar-refractivity contribution < 1.29 is 19.1 Å². The van der Waals surface area contributed by atoms with Gasteiger partial charge in [0.05, 0.1) is 16.8 Å². The van der Waals surface area contributed by atoms with Crippen LogP contribution < -0.4 is 0 Å². The van der Waals surface area contributed by atoms with Gasteiger partial charge in [0.2, 0.25) is 0 Å². The fourth-order valence-electron chi connectivity index (χ4n) is 3.47. The molecule has 132 valence electrons. The van der Waals surface area contributed by atoms with Crippen molar-refractivity contribution in [3.8, 4) is 0 Å². The highest BCUT2D eigenvalue weighted by atomic mass is 19.1. The molecule has 1 unspecified atom stereocenters. The molecule has 1 aliphatic heterocycles. The molecule has 1 aromatic carbocycles. The third kappa shape index (κ3) is 3.78. The topological polar surface area (TPSA) is 70.5 Å². The zero-order valence-electron chi connectivity index (χ0n) is 14.2. The minimum Gasteiger partial charge on any atom is -0.481 e. The summed E-state index contributed by atoms with van der Waals surface area (Å²) < 4.78 is 13.4. The first-order chi connectivity index (χ1) is 12.0. The highest BCUT2D eigenvalue weighted by molar-refractivity contribution is 5.98. The number of aryl methyl sites for hydroxylation is 1. The second-order valence-corrected chi connectivity index (χ2v) is 6.54. The number of piperidine rings is 1. The number of amides is 1. The fourth-order valence-corrected chi connectivity index (χ4v) is 3.47. The number of halogens is 1. The number of hydrogen-bond donors (Lipinski definition) is 1. The number of rotatable bonds is 4. The van der Waals surface area contributed by atoms with Gasteiger partial charge >= 0.3 is 5.97 Å². The van der Waals surface area contributed by atoms with Gasteiger partial charge < -0.3 is 10.0 Å². The van der Waals surface area contributed by atoms with Crippen molar-refractivity contribution in [1.82, 2.24) is 9.88 Å². The van der Waals surface area contributed by atoms with Crippen LogP contribution in [0.4, 0.5) is 4.39 Å². The average Bonchev–Trinajstić information content (AvgIpc) is 2.59. The summed E-state index contributed by atoms with van der Waals surface area (Å²) in [6.07, 6.45) is 3.27. The van der Waals surface area contributed by atoms with E-state index in [1.54, 1.807) is 24.0 Å². The summed E-state index contributed by atoms with van der Waals surface area (Å²) in [6.45, 7) is 2.37. The fraction of sp³-hybridized carbons (Fsp3) is 0.421. The van der Waals surface area contributed by atoms with Crippen LogP contribution in [-0.4, -0.2) is 39.5 Å². The van der Waals surface area contributed by atoms with Gasteiger partial charge in [-0.2, -0.15) is 0 Å². The quantitative estimate of drug-likeness (QED) is 0.921. The number of fused-ring (bicyclic) bond motifs is 1. The van der Waals surface area contributed by atoms with Crippen molar-refractivity contribution in [3.05, 3.63) is 41.3 Å². The van der Waals surface area contributed by atoms with Gasteiger partial charge in [0.15, 0.2) is 0 Å². The number of aromatic nitrogens is 1. The Balaban J connectivity index is 1.90. The van der Waals surface area contributed by atoms with E-state index in [4.69, 9.17) is 5.11 Å². The van der Waals surface area contributed by atoms with Crippen molar-refractivity contribution in [1.29, 1.82) is 0 Å². The molecule has 1 fully saturated rings. The maximum atomic E-state index is 13.4. The van der Waals surface area contributed by atoms with Gasteiger partial charge in [0.25, 0.3) is 5.91 Å². The Kier molecular flexibility index (Phi) is 4.97. The largest absolute Gasteiger partial charge is 0.481 e. The van der Waals surface area contributed by atoms with E-state index in [2.05, 4.69) is 4.98 Å². The van der Waals surface area contributed by atoms with Gasteiger partial charge in [-0.15, -0.1) is 0 Å². The van der Waals surface area contributed by atoms with Gasteiger partial charge in [-0.25, -0.2) is 4.39 Å². The van der Waals surface area contributed by atoms with Gasteiger partial charge in [0.1, 0.15) is 5.82 Å². The van der Waals surface area contributed by atoms with E-state index in [9.17, 15) is 14.0 Å². The van der Waals surface area contributed by atoms with E-state index < -0.39 is 5.97 Å². The molecule has 0 bridgehead atoms. The van der Waals surface area contributed by atoms with Crippen LogP contribution in [0.1, 0.15) is 48.2 Å². The lowest BCUT2D eigenvalue weighted by Gasteiger charge is -2.36. The Morgan fingerprint density at radius 1 is 1.32 bits per heavy atom. The predicted molar refractivity (Wildman–Crippen MR) is 92.0 cm³/mol. The molecule has 3 rings (SSSR count). The highest BCUT2D eigenvalue weighted by Gasteiger charge is 2.29. The Morgan fingerprint density at radius 2 is 2.12 bits per heavy atom. The number of nitrogens with zero attached hydrogens (tertiary/aromatic N) is 2. The minimum atomic E-state index is -0.844. The SMILES string of the molecule is Cc1nc2cc(F)ccc2cc1C(=O)N1CCCCC1CCC(=O)O. The second-order valence-electron chi connectivity index (χ2n) is 6.54. The molecule has 2 heterocycles. The lowest BCUT2D eigenvalue weighted by atomic mass is 9.96. The van der Waals surface area contributed by atoms with Crippen LogP contribution in [0.5, 0.6) is 0 Å². The summed E-state index contributed by atoms with van der Waals surface area (Å²) >= 11 is 0. The van der Waals surface area contributed by atoms with E-state index in [1.807, 2.05) is 0 Å². The van der Waals surface area contributed by atoms with Gasteiger partial charge in [-0.3, -0.25) is 14.6 Å². The first-order valence-corrected chi connectivity index (χ1v) is 8.55. The van der Waals surface area contributed by atoms with Crippen molar-refractivity contribution in [2.45, 2.75) is 45.1 Å². The molecule has 1 saturated heterocycles. The molecule has 0 aliphatic carbocycles.